The van der Waals surface area contributed by atoms with E-state index in [4.69, 9.17) is 24.9 Å². The van der Waals surface area contributed by atoms with E-state index in [0.717, 1.165) is 16.7 Å². The van der Waals surface area contributed by atoms with Crippen LogP contribution in [0.3, 0.4) is 0 Å². The maximum atomic E-state index is 13.9. The van der Waals surface area contributed by atoms with Crippen LogP contribution < -0.4 is 15.2 Å². The Balaban J connectivity index is 1.64. The van der Waals surface area contributed by atoms with Crippen LogP contribution in [0.25, 0.3) is 11.1 Å². The topological polar surface area (TPSA) is 103 Å². The first-order chi connectivity index (χ1) is 16.3. The van der Waals surface area contributed by atoms with Gasteiger partial charge in [-0.3, -0.25) is 4.99 Å². The molecule has 172 valence electrons. The Bertz CT molecular complexity index is 1350. The zero-order chi connectivity index (χ0) is 23.9. The Kier molecular flexibility index (Phi) is 5.22. The standard InChI is InChI=1S/C26H23FN4O3/c1-25(2,13-28)14-33-24-10-20-22(11-30-24)34-21-7-6-17(16-4-3-5-18(27)8-16)9-19(21)26(20)15-32-12-23(29)31-26/h3-11H,12,14-15H2,1-2H3,(H2,29,31)/t26-/m0/s1. The average molecular weight is 458 g/mol. The second kappa shape index (κ2) is 8.12. The van der Waals surface area contributed by atoms with Crippen molar-refractivity contribution in [2.75, 3.05) is 19.8 Å². The first kappa shape index (κ1) is 21.9. The molecule has 2 aromatic carbocycles. The summed E-state index contributed by atoms with van der Waals surface area (Å²) in [4.78, 5) is 9.21. The minimum absolute atomic E-state index is 0.172. The molecule has 2 aliphatic heterocycles. The first-order valence-corrected chi connectivity index (χ1v) is 10.8. The van der Waals surface area contributed by atoms with E-state index in [2.05, 4.69) is 11.1 Å². The van der Waals surface area contributed by atoms with Gasteiger partial charge in [0.05, 0.1) is 24.3 Å². The number of nitrogens with two attached hydrogens (primary N) is 1. The summed E-state index contributed by atoms with van der Waals surface area (Å²) in [5.41, 5.74) is 7.47. The van der Waals surface area contributed by atoms with Crippen LogP contribution in [-0.4, -0.2) is 30.6 Å². The number of aromatic nitrogens is 1. The smallest absolute Gasteiger partial charge is 0.213 e. The summed E-state index contributed by atoms with van der Waals surface area (Å²) in [6.45, 7) is 4.21. The van der Waals surface area contributed by atoms with Crippen LogP contribution in [0.15, 0.2) is 59.7 Å². The zero-order valence-corrected chi connectivity index (χ0v) is 18.8. The monoisotopic (exact) mass is 458 g/mol. The Hall–Kier alpha value is -3.96. The molecule has 2 aliphatic rings. The minimum atomic E-state index is -0.986. The van der Waals surface area contributed by atoms with E-state index in [0.29, 0.717) is 28.8 Å². The predicted octanol–water partition coefficient (Wildman–Crippen LogP) is 4.55. The molecule has 34 heavy (non-hydrogen) atoms. The van der Waals surface area contributed by atoms with Crippen molar-refractivity contribution in [3.63, 3.8) is 0 Å². The number of ether oxygens (including phenoxy) is 3. The van der Waals surface area contributed by atoms with Crippen molar-refractivity contribution in [2.45, 2.75) is 19.4 Å². The molecule has 7 nitrogen and oxygen atoms in total. The fraction of sp³-hybridized carbons (Fsp3) is 0.269. The molecule has 2 N–H and O–H groups in total. The summed E-state index contributed by atoms with van der Waals surface area (Å²) in [6, 6.07) is 16.0. The molecule has 1 aromatic heterocycles. The minimum Gasteiger partial charge on any atom is -0.476 e. The SMILES string of the molecule is CC(C)(C#N)COc1cc2c(cn1)Oc1ccc(-c3cccc(F)c3)cc1[C@@]21COCC(N)=N1. The van der Waals surface area contributed by atoms with Crippen LogP contribution in [0.4, 0.5) is 4.39 Å². The molecule has 0 saturated heterocycles. The van der Waals surface area contributed by atoms with E-state index >= 15 is 0 Å². The van der Waals surface area contributed by atoms with Crippen LogP contribution in [0.2, 0.25) is 0 Å². The third-order valence-corrected chi connectivity index (χ3v) is 5.87. The van der Waals surface area contributed by atoms with Gasteiger partial charge in [-0.2, -0.15) is 5.26 Å². The summed E-state index contributed by atoms with van der Waals surface area (Å²) >= 11 is 0. The number of hydrogen-bond acceptors (Lipinski definition) is 7. The summed E-state index contributed by atoms with van der Waals surface area (Å²) < 4.78 is 31.7. The summed E-state index contributed by atoms with van der Waals surface area (Å²) in [6.07, 6.45) is 1.58. The van der Waals surface area contributed by atoms with Gasteiger partial charge in [0.15, 0.2) is 5.75 Å². The van der Waals surface area contributed by atoms with Crippen molar-refractivity contribution in [3.05, 3.63) is 71.7 Å². The molecular formula is C26H23FN4O3. The lowest BCUT2D eigenvalue weighted by molar-refractivity contribution is 0.109. The van der Waals surface area contributed by atoms with Gasteiger partial charge in [0.25, 0.3) is 0 Å². The largest absolute Gasteiger partial charge is 0.476 e. The van der Waals surface area contributed by atoms with Gasteiger partial charge >= 0.3 is 0 Å². The Labute approximate surface area is 196 Å². The molecule has 0 unspecified atom stereocenters. The van der Waals surface area contributed by atoms with Crippen LogP contribution in [0.5, 0.6) is 17.4 Å². The number of pyridine rings is 1. The van der Waals surface area contributed by atoms with Gasteiger partial charge in [0.2, 0.25) is 5.88 Å². The van der Waals surface area contributed by atoms with E-state index in [1.807, 2.05) is 24.3 Å². The highest BCUT2D eigenvalue weighted by Crippen LogP contribution is 2.51. The molecule has 3 aromatic rings. The lowest BCUT2D eigenvalue weighted by Crippen LogP contribution is -2.42. The van der Waals surface area contributed by atoms with E-state index < -0.39 is 11.0 Å². The van der Waals surface area contributed by atoms with E-state index in [9.17, 15) is 9.65 Å². The lowest BCUT2D eigenvalue weighted by Gasteiger charge is -2.39. The highest BCUT2D eigenvalue weighted by atomic mass is 19.1. The number of benzene rings is 2. The molecule has 0 amide bonds. The molecule has 3 heterocycles. The van der Waals surface area contributed by atoms with E-state index in [-0.39, 0.29) is 25.6 Å². The summed E-state index contributed by atoms with van der Waals surface area (Å²) in [7, 11) is 0. The van der Waals surface area contributed by atoms with Gasteiger partial charge in [0, 0.05) is 17.2 Å². The van der Waals surface area contributed by atoms with Crippen molar-refractivity contribution in [1.29, 1.82) is 5.26 Å². The molecule has 0 bridgehead atoms. The number of aliphatic imine (C=N–C) groups is 1. The number of fused-ring (bicyclic) bond motifs is 4. The average Bonchev–Trinajstić information content (AvgIpc) is 2.83. The zero-order valence-electron chi connectivity index (χ0n) is 18.8. The predicted molar refractivity (Wildman–Crippen MR) is 124 cm³/mol. The lowest BCUT2D eigenvalue weighted by atomic mass is 9.80. The Morgan fingerprint density at radius 1 is 1.15 bits per heavy atom. The highest BCUT2D eigenvalue weighted by Gasteiger charge is 2.45. The maximum absolute atomic E-state index is 13.9. The number of rotatable bonds is 4. The molecule has 8 heteroatoms. The fourth-order valence-corrected chi connectivity index (χ4v) is 4.14. The molecule has 5 rings (SSSR count). The normalized spacial score (nSPS) is 18.8. The van der Waals surface area contributed by atoms with Crippen LogP contribution >= 0.6 is 0 Å². The number of hydrogen-bond donors (Lipinski definition) is 1. The molecule has 0 aliphatic carbocycles. The van der Waals surface area contributed by atoms with Gasteiger partial charge < -0.3 is 19.9 Å². The van der Waals surface area contributed by atoms with Gasteiger partial charge in [0.1, 0.15) is 36.2 Å². The number of amidine groups is 1. The molecule has 0 radical (unpaired) electrons. The quantitative estimate of drug-likeness (QED) is 0.615. The Morgan fingerprint density at radius 2 is 1.94 bits per heavy atom. The summed E-state index contributed by atoms with van der Waals surface area (Å²) in [5.74, 6) is 1.49. The molecular weight excluding hydrogens is 435 g/mol. The molecule has 0 saturated carbocycles. The molecule has 1 spiro atoms. The number of nitrogens with zero attached hydrogens (tertiary/aromatic N) is 3. The fourth-order valence-electron chi connectivity index (χ4n) is 4.14. The Morgan fingerprint density at radius 3 is 2.71 bits per heavy atom. The van der Waals surface area contributed by atoms with E-state index in [1.54, 1.807) is 32.2 Å². The van der Waals surface area contributed by atoms with Crippen LogP contribution in [0, 0.1) is 22.6 Å². The van der Waals surface area contributed by atoms with Gasteiger partial charge in [-0.25, -0.2) is 9.37 Å². The first-order valence-electron chi connectivity index (χ1n) is 10.8. The van der Waals surface area contributed by atoms with Crippen LogP contribution in [0.1, 0.15) is 25.0 Å². The third-order valence-electron chi connectivity index (χ3n) is 5.87. The van der Waals surface area contributed by atoms with Crippen molar-refractivity contribution in [2.24, 2.45) is 16.1 Å². The van der Waals surface area contributed by atoms with Crippen molar-refractivity contribution >= 4 is 5.84 Å². The van der Waals surface area contributed by atoms with Gasteiger partial charge in [-0.1, -0.05) is 18.2 Å². The van der Waals surface area contributed by atoms with Gasteiger partial charge in [-0.15, -0.1) is 0 Å². The molecule has 0 fully saturated rings. The maximum Gasteiger partial charge on any atom is 0.213 e. The van der Waals surface area contributed by atoms with Gasteiger partial charge in [-0.05, 0) is 49.2 Å². The third kappa shape index (κ3) is 3.84. The number of nitriles is 1. The number of halogens is 1. The van der Waals surface area contributed by atoms with Crippen molar-refractivity contribution in [3.8, 4) is 34.6 Å². The second-order valence-electron chi connectivity index (χ2n) is 9.08. The molecule has 1 atom stereocenters. The van der Waals surface area contributed by atoms with Crippen molar-refractivity contribution in [1.82, 2.24) is 4.98 Å². The highest BCUT2D eigenvalue weighted by molar-refractivity contribution is 5.84. The van der Waals surface area contributed by atoms with Crippen LogP contribution in [-0.2, 0) is 10.3 Å². The van der Waals surface area contributed by atoms with Crippen molar-refractivity contribution < 1.29 is 18.6 Å². The van der Waals surface area contributed by atoms with E-state index in [1.165, 1.54) is 12.1 Å². The second-order valence-corrected chi connectivity index (χ2v) is 9.08. The summed E-state index contributed by atoms with van der Waals surface area (Å²) in [5, 5.41) is 9.30.